The Labute approximate surface area is 147 Å². The second-order valence-electron chi connectivity index (χ2n) is 7.18. The fourth-order valence-corrected chi connectivity index (χ4v) is 3.92. The first kappa shape index (κ1) is 17.7. The van der Waals surface area contributed by atoms with Crippen LogP contribution in [0.3, 0.4) is 0 Å². The fraction of sp³-hybridized carbons (Fsp3) is 0.611. The molecule has 0 aliphatic carbocycles. The summed E-state index contributed by atoms with van der Waals surface area (Å²) >= 11 is 5.98. The SMILES string of the molecule is CN[C@H]1CC2(CCN(C(=O)c3cccc(Cl)c3)CC2)OC[C@]1(C)O. The molecule has 24 heavy (non-hydrogen) atoms. The summed E-state index contributed by atoms with van der Waals surface area (Å²) in [5.74, 6) is 0.0142. The minimum Gasteiger partial charge on any atom is -0.386 e. The number of piperidine rings is 1. The second-order valence-corrected chi connectivity index (χ2v) is 7.61. The fourth-order valence-electron chi connectivity index (χ4n) is 3.73. The first-order valence-electron chi connectivity index (χ1n) is 8.44. The number of carbonyl (C=O) groups excluding carboxylic acids is 1. The van der Waals surface area contributed by atoms with E-state index in [2.05, 4.69) is 5.32 Å². The average molecular weight is 353 g/mol. The molecular weight excluding hydrogens is 328 g/mol. The lowest BCUT2D eigenvalue weighted by Gasteiger charge is -2.50. The van der Waals surface area contributed by atoms with Crippen LogP contribution in [0.15, 0.2) is 24.3 Å². The summed E-state index contributed by atoms with van der Waals surface area (Å²) in [5, 5.41) is 14.2. The quantitative estimate of drug-likeness (QED) is 0.855. The van der Waals surface area contributed by atoms with E-state index in [9.17, 15) is 9.90 Å². The first-order valence-corrected chi connectivity index (χ1v) is 8.81. The van der Waals surface area contributed by atoms with Crippen LogP contribution in [0.1, 0.15) is 36.5 Å². The molecule has 1 amide bonds. The van der Waals surface area contributed by atoms with Crippen molar-refractivity contribution in [2.24, 2.45) is 0 Å². The van der Waals surface area contributed by atoms with Crippen molar-refractivity contribution in [3.05, 3.63) is 34.9 Å². The van der Waals surface area contributed by atoms with Gasteiger partial charge in [0.1, 0.15) is 5.60 Å². The van der Waals surface area contributed by atoms with Gasteiger partial charge in [-0.2, -0.15) is 0 Å². The Balaban J connectivity index is 1.64. The molecule has 5 nitrogen and oxygen atoms in total. The Morgan fingerprint density at radius 3 is 2.75 bits per heavy atom. The molecule has 0 radical (unpaired) electrons. The first-order chi connectivity index (χ1) is 11.4. The number of benzene rings is 1. The topological polar surface area (TPSA) is 61.8 Å². The smallest absolute Gasteiger partial charge is 0.253 e. The third kappa shape index (κ3) is 3.45. The maximum absolute atomic E-state index is 12.6. The van der Waals surface area contributed by atoms with E-state index in [1.165, 1.54) is 0 Å². The van der Waals surface area contributed by atoms with Gasteiger partial charge in [0.15, 0.2) is 0 Å². The molecule has 132 valence electrons. The van der Waals surface area contributed by atoms with Crippen molar-refractivity contribution in [3.63, 3.8) is 0 Å². The van der Waals surface area contributed by atoms with E-state index >= 15 is 0 Å². The molecule has 2 atom stereocenters. The molecule has 2 N–H and O–H groups in total. The number of nitrogens with one attached hydrogen (secondary N) is 1. The Kier molecular flexibility index (Phi) is 4.89. The summed E-state index contributed by atoms with van der Waals surface area (Å²) in [4.78, 5) is 14.5. The molecule has 6 heteroatoms. The van der Waals surface area contributed by atoms with Gasteiger partial charge in [-0.1, -0.05) is 17.7 Å². The number of aliphatic hydroxyl groups is 1. The number of likely N-dealkylation sites (tertiary alicyclic amines) is 1. The van der Waals surface area contributed by atoms with Gasteiger partial charge in [-0.3, -0.25) is 4.79 Å². The number of likely N-dealkylation sites (N-methyl/N-ethyl adjacent to an activating group) is 1. The van der Waals surface area contributed by atoms with Crippen molar-refractivity contribution >= 4 is 17.5 Å². The molecule has 2 heterocycles. The van der Waals surface area contributed by atoms with Gasteiger partial charge in [-0.05, 0) is 51.4 Å². The number of hydrogen-bond acceptors (Lipinski definition) is 4. The molecule has 2 saturated heterocycles. The summed E-state index contributed by atoms with van der Waals surface area (Å²) < 4.78 is 6.06. The van der Waals surface area contributed by atoms with Gasteiger partial charge in [0.25, 0.3) is 5.91 Å². The van der Waals surface area contributed by atoms with E-state index < -0.39 is 5.60 Å². The van der Waals surface area contributed by atoms with Gasteiger partial charge in [0.05, 0.1) is 12.2 Å². The Hall–Kier alpha value is -1.14. The summed E-state index contributed by atoms with van der Waals surface area (Å²) in [7, 11) is 1.87. The zero-order valence-electron chi connectivity index (χ0n) is 14.2. The van der Waals surface area contributed by atoms with Crippen LogP contribution in [0, 0.1) is 0 Å². The van der Waals surface area contributed by atoms with Gasteiger partial charge in [0, 0.05) is 29.7 Å². The van der Waals surface area contributed by atoms with Crippen molar-refractivity contribution in [2.45, 2.75) is 43.4 Å². The summed E-state index contributed by atoms with van der Waals surface area (Å²) in [5.41, 5.74) is -0.478. The molecule has 1 aromatic rings. The maximum Gasteiger partial charge on any atom is 0.253 e. The molecule has 2 aliphatic rings. The minimum absolute atomic E-state index is 0.00133. The van der Waals surface area contributed by atoms with Crippen molar-refractivity contribution in [1.82, 2.24) is 10.2 Å². The highest BCUT2D eigenvalue weighted by molar-refractivity contribution is 6.30. The lowest BCUT2D eigenvalue weighted by Crippen LogP contribution is -2.62. The number of nitrogens with zero attached hydrogens (tertiary/aromatic N) is 1. The molecule has 0 bridgehead atoms. The predicted octanol–water partition coefficient (Wildman–Crippen LogP) is 2.07. The zero-order valence-corrected chi connectivity index (χ0v) is 15.0. The van der Waals surface area contributed by atoms with E-state index in [4.69, 9.17) is 16.3 Å². The number of carbonyl (C=O) groups is 1. The molecule has 0 aromatic heterocycles. The lowest BCUT2D eigenvalue weighted by atomic mass is 9.77. The van der Waals surface area contributed by atoms with Gasteiger partial charge in [0.2, 0.25) is 0 Å². The van der Waals surface area contributed by atoms with Crippen molar-refractivity contribution in [3.8, 4) is 0 Å². The van der Waals surface area contributed by atoms with Crippen molar-refractivity contribution < 1.29 is 14.6 Å². The van der Waals surface area contributed by atoms with Crippen LogP contribution < -0.4 is 5.32 Å². The van der Waals surface area contributed by atoms with Gasteiger partial charge in [-0.15, -0.1) is 0 Å². The number of amides is 1. The Morgan fingerprint density at radius 1 is 1.42 bits per heavy atom. The number of ether oxygens (including phenoxy) is 1. The Bertz CT molecular complexity index is 612. The van der Waals surface area contributed by atoms with Crippen LogP contribution >= 0.6 is 11.6 Å². The number of halogens is 1. The Morgan fingerprint density at radius 2 is 2.12 bits per heavy atom. The molecule has 1 aromatic carbocycles. The average Bonchev–Trinajstić information content (AvgIpc) is 2.57. The summed E-state index contributed by atoms with van der Waals surface area (Å²) in [6, 6.07) is 7.07. The van der Waals surface area contributed by atoms with Crippen LogP contribution in [0.4, 0.5) is 0 Å². The second kappa shape index (κ2) is 6.64. The van der Waals surface area contributed by atoms with Crippen LogP contribution in [-0.4, -0.2) is 59.9 Å². The highest BCUT2D eigenvalue weighted by Crippen LogP contribution is 2.38. The third-order valence-electron chi connectivity index (χ3n) is 5.38. The van der Waals surface area contributed by atoms with E-state index in [0.717, 1.165) is 19.3 Å². The van der Waals surface area contributed by atoms with Crippen LogP contribution in [0.25, 0.3) is 0 Å². The standard InChI is InChI=1S/C18H25ClN2O3/c1-17(23)12-24-18(11-15(17)20-2)6-8-21(9-7-18)16(22)13-4-3-5-14(19)10-13/h3-5,10,15,20,23H,6-9,11-12H2,1-2H3/t15-,17-/m0/s1. The number of rotatable bonds is 2. The predicted molar refractivity (Wildman–Crippen MR) is 93.4 cm³/mol. The highest BCUT2D eigenvalue weighted by Gasteiger charge is 2.48. The van der Waals surface area contributed by atoms with E-state index in [-0.39, 0.29) is 17.6 Å². The lowest BCUT2D eigenvalue weighted by molar-refractivity contribution is -0.189. The summed E-state index contributed by atoms with van der Waals surface area (Å²) in [6.45, 7) is 3.44. The van der Waals surface area contributed by atoms with Gasteiger partial charge >= 0.3 is 0 Å². The molecule has 0 unspecified atom stereocenters. The molecular formula is C18H25ClN2O3. The molecule has 2 aliphatic heterocycles. The van der Waals surface area contributed by atoms with Crippen molar-refractivity contribution in [2.75, 3.05) is 26.7 Å². The van der Waals surface area contributed by atoms with E-state index in [0.29, 0.717) is 30.3 Å². The van der Waals surface area contributed by atoms with E-state index in [1.54, 1.807) is 31.2 Å². The van der Waals surface area contributed by atoms with Gasteiger partial charge in [-0.25, -0.2) is 0 Å². The molecule has 1 spiro atoms. The van der Waals surface area contributed by atoms with Crippen LogP contribution in [-0.2, 0) is 4.74 Å². The third-order valence-corrected chi connectivity index (χ3v) is 5.61. The molecule has 2 fully saturated rings. The van der Waals surface area contributed by atoms with Crippen LogP contribution in [0.5, 0.6) is 0 Å². The summed E-state index contributed by atoms with van der Waals surface area (Å²) in [6.07, 6.45) is 2.33. The minimum atomic E-state index is -0.853. The normalized spacial score (nSPS) is 29.7. The van der Waals surface area contributed by atoms with Crippen LogP contribution in [0.2, 0.25) is 5.02 Å². The maximum atomic E-state index is 12.6. The number of hydrogen-bond donors (Lipinski definition) is 2. The van der Waals surface area contributed by atoms with Gasteiger partial charge < -0.3 is 20.1 Å². The highest BCUT2D eigenvalue weighted by atomic mass is 35.5. The van der Waals surface area contributed by atoms with E-state index in [1.807, 2.05) is 11.9 Å². The van der Waals surface area contributed by atoms with Crippen molar-refractivity contribution in [1.29, 1.82) is 0 Å². The molecule has 3 rings (SSSR count). The molecule has 0 saturated carbocycles. The zero-order chi connectivity index (χ0) is 17.4. The largest absolute Gasteiger partial charge is 0.386 e. The monoisotopic (exact) mass is 352 g/mol.